The third kappa shape index (κ3) is 4.46. The lowest BCUT2D eigenvalue weighted by molar-refractivity contribution is 0.115. The molecule has 6 nitrogen and oxygen atoms in total. The van der Waals surface area contributed by atoms with Crippen LogP contribution in [0.3, 0.4) is 0 Å². The van der Waals surface area contributed by atoms with E-state index in [1.807, 2.05) is 37.3 Å². The van der Waals surface area contributed by atoms with E-state index in [1.54, 1.807) is 30.3 Å². The molecule has 0 radical (unpaired) electrons. The summed E-state index contributed by atoms with van der Waals surface area (Å²) in [5, 5.41) is 19.7. The van der Waals surface area contributed by atoms with Crippen LogP contribution in [-0.2, 0) is 6.42 Å². The number of ether oxygens (including phenoxy) is 1. The molecule has 160 valence electrons. The smallest absolute Gasteiger partial charge is 0.200 e. The average molecular weight is 419 g/mol. The number of aliphatic hydroxyl groups excluding tert-OH is 2. The number of aliphatic hydroxyl groups is 2. The Morgan fingerprint density at radius 2 is 1.52 bits per heavy atom. The summed E-state index contributed by atoms with van der Waals surface area (Å²) in [7, 11) is 0. The van der Waals surface area contributed by atoms with E-state index in [9.17, 15) is 15.0 Å². The standard InChI is InChI=1S/C25H25NO5/c1-16-2-5-18(6-3-16)30-19-7-9-21-23(13-19)31-22-12-17(4-8-20(22)24(21)29)10-11-25(26,14-27)15-28/h2-9,12-13,27-28H,10-11,14-15,26H2,1H3. The van der Waals surface area contributed by atoms with Crippen molar-refractivity contribution < 1.29 is 19.4 Å². The Kier molecular flexibility index (Phi) is 5.78. The van der Waals surface area contributed by atoms with Crippen LogP contribution in [0.15, 0.2) is 69.9 Å². The summed E-state index contributed by atoms with van der Waals surface area (Å²) in [6.45, 7) is 1.40. The summed E-state index contributed by atoms with van der Waals surface area (Å²) in [5.41, 5.74) is 7.77. The highest BCUT2D eigenvalue weighted by Gasteiger charge is 2.22. The minimum Gasteiger partial charge on any atom is -0.457 e. The first-order valence-corrected chi connectivity index (χ1v) is 10.2. The summed E-state index contributed by atoms with van der Waals surface area (Å²) in [6, 6.07) is 18.3. The van der Waals surface area contributed by atoms with Gasteiger partial charge in [0.25, 0.3) is 0 Å². The Labute approximate surface area is 179 Å². The average Bonchev–Trinajstić information content (AvgIpc) is 2.79. The van der Waals surface area contributed by atoms with Gasteiger partial charge in [-0.15, -0.1) is 0 Å². The molecule has 0 atom stereocenters. The topological polar surface area (TPSA) is 106 Å². The summed E-state index contributed by atoms with van der Waals surface area (Å²) in [4.78, 5) is 12.9. The van der Waals surface area contributed by atoms with Crippen LogP contribution in [0.25, 0.3) is 21.9 Å². The van der Waals surface area contributed by atoms with Crippen molar-refractivity contribution in [3.05, 3.63) is 82.0 Å². The first-order chi connectivity index (χ1) is 14.9. The highest BCUT2D eigenvalue weighted by molar-refractivity contribution is 5.90. The van der Waals surface area contributed by atoms with E-state index in [2.05, 4.69) is 0 Å². The molecule has 1 aromatic heterocycles. The van der Waals surface area contributed by atoms with Crippen LogP contribution in [-0.4, -0.2) is 29.0 Å². The number of aryl methyl sites for hydroxylation is 2. The van der Waals surface area contributed by atoms with Crippen molar-refractivity contribution in [1.29, 1.82) is 0 Å². The van der Waals surface area contributed by atoms with Gasteiger partial charge < -0.3 is 25.1 Å². The molecule has 31 heavy (non-hydrogen) atoms. The fourth-order valence-electron chi connectivity index (χ4n) is 3.44. The van der Waals surface area contributed by atoms with Crippen molar-refractivity contribution in [1.82, 2.24) is 0 Å². The van der Waals surface area contributed by atoms with Crippen LogP contribution in [0, 0.1) is 6.92 Å². The normalized spacial score (nSPS) is 11.9. The molecule has 0 amide bonds. The third-order valence-electron chi connectivity index (χ3n) is 5.51. The van der Waals surface area contributed by atoms with Gasteiger partial charge in [-0.05, 0) is 61.7 Å². The molecule has 0 spiro atoms. The second-order valence-electron chi connectivity index (χ2n) is 8.01. The van der Waals surface area contributed by atoms with E-state index in [-0.39, 0.29) is 18.6 Å². The highest BCUT2D eigenvalue weighted by Crippen LogP contribution is 2.27. The van der Waals surface area contributed by atoms with Gasteiger partial charge in [-0.3, -0.25) is 4.79 Å². The van der Waals surface area contributed by atoms with Crippen molar-refractivity contribution in [2.24, 2.45) is 5.73 Å². The molecule has 0 bridgehead atoms. The zero-order valence-electron chi connectivity index (χ0n) is 17.3. The van der Waals surface area contributed by atoms with Gasteiger partial charge in [0.2, 0.25) is 5.43 Å². The van der Waals surface area contributed by atoms with Crippen molar-refractivity contribution >= 4 is 21.9 Å². The second kappa shape index (κ2) is 8.51. The molecule has 0 aliphatic rings. The summed E-state index contributed by atoms with van der Waals surface area (Å²) < 4.78 is 11.9. The van der Waals surface area contributed by atoms with Crippen molar-refractivity contribution in [3.63, 3.8) is 0 Å². The molecule has 0 unspecified atom stereocenters. The number of rotatable bonds is 7. The quantitative estimate of drug-likeness (QED) is 0.395. The van der Waals surface area contributed by atoms with Gasteiger partial charge >= 0.3 is 0 Å². The fraction of sp³-hybridized carbons (Fsp3) is 0.240. The molecule has 0 fully saturated rings. The van der Waals surface area contributed by atoms with Crippen LogP contribution in [0.2, 0.25) is 0 Å². The number of benzene rings is 3. The van der Waals surface area contributed by atoms with Gasteiger partial charge in [-0.1, -0.05) is 23.8 Å². The van der Waals surface area contributed by atoms with Gasteiger partial charge in [-0.25, -0.2) is 0 Å². The first kappa shape index (κ1) is 21.1. The molecular weight excluding hydrogens is 394 g/mol. The van der Waals surface area contributed by atoms with Crippen molar-refractivity contribution in [3.8, 4) is 11.5 Å². The van der Waals surface area contributed by atoms with Crippen molar-refractivity contribution in [2.45, 2.75) is 25.3 Å². The molecule has 0 aliphatic heterocycles. The van der Waals surface area contributed by atoms with Gasteiger partial charge in [0.1, 0.15) is 22.7 Å². The molecule has 4 N–H and O–H groups in total. The zero-order valence-corrected chi connectivity index (χ0v) is 17.3. The number of hydrogen-bond acceptors (Lipinski definition) is 6. The predicted octanol–water partition coefficient (Wildman–Crippen LogP) is 3.66. The minimum absolute atomic E-state index is 0.108. The number of fused-ring (bicyclic) bond motifs is 2. The summed E-state index contributed by atoms with van der Waals surface area (Å²) in [5.74, 6) is 1.28. The first-order valence-electron chi connectivity index (χ1n) is 10.2. The Hall–Kier alpha value is -3.19. The van der Waals surface area contributed by atoms with E-state index < -0.39 is 5.54 Å². The predicted molar refractivity (Wildman–Crippen MR) is 121 cm³/mol. The Morgan fingerprint density at radius 1 is 0.903 bits per heavy atom. The van der Waals surface area contributed by atoms with Crippen LogP contribution < -0.4 is 15.9 Å². The van der Waals surface area contributed by atoms with Crippen LogP contribution in [0.1, 0.15) is 17.5 Å². The fourth-order valence-corrected chi connectivity index (χ4v) is 3.44. The molecule has 0 aliphatic carbocycles. The van der Waals surface area contributed by atoms with Gasteiger partial charge in [0.05, 0.1) is 29.5 Å². The number of hydrogen-bond donors (Lipinski definition) is 3. The Balaban J connectivity index is 1.67. The Bertz CT molecular complexity index is 1270. The molecule has 4 aromatic rings. The molecule has 3 aromatic carbocycles. The van der Waals surface area contributed by atoms with Gasteiger partial charge in [0.15, 0.2) is 0 Å². The maximum absolute atomic E-state index is 12.9. The third-order valence-corrected chi connectivity index (χ3v) is 5.51. The number of nitrogens with two attached hydrogens (primary N) is 1. The van der Waals surface area contributed by atoms with E-state index in [0.717, 1.165) is 11.1 Å². The molecule has 0 saturated carbocycles. The van der Waals surface area contributed by atoms with Crippen molar-refractivity contribution in [2.75, 3.05) is 13.2 Å². The van der Waals surface area contributed by atoms with E-state index >= 15 is 0 Å². The van der Waals surface area contributed by atoms with Gasteiger partial charge in [-0.2, -0.15) is 0 Å². The second-order valence-corrected chi connectivity index (χ2v) is 8.01. The lowest BCUT2D eigenvalue weighted by Crippen LogP contribution is -2.47. The molecule has 0 saturated heterocycles. The lowest BCUT2D eigenvalue weighted by Gasteiger charge is -2.24. The molecule has 6 heteroatoms. The van der Waals surface area contributed by atoms with E-state index in [1.165, 1.54) is 0 Å². The molecule has 4 rings (SSSR count). The monoisotopic (exact) mass is 419 g/mol. The summed E-state index contributed by atoms with van der Waals surface area (Å²) in [6.07, 6.45) is 0.934. The van der Waals surface area contributed by atoms with Crippen LogP contribution in [0.4, 0.5) is 0 Å². The van der Waals surface area contributed by atoms with E-state index in [4.69, 9.17) is 14.9 Å². The molecular formula is C25H25NO5. The highest BCUT2D eigenvalue weighted by atomic mass is 16.5. The zero-order chi connectivity index (χ0) is 22.0. The maximum Gasteiger partial charge on any atom is 0.200 e. The van der Waals surface area contributed by atoms with Crippen LogP contribution >= 0.6 is 0 Å². The Morgan fingerprint density at radius 3 is 2.19 bits per heavy atom. The van der Waals surface area contributed by atoms with Gasteiger partial charge in [0, 0.05) is 6.07 Å². The largest absolute Gasteiger partial charge is 0.457 e. The molecule has 1 heterocycles. The lowest BCUT2D eigenvalue weighted by atomic mass is 9.93. The van der Waals surface area contributed by atoms with Crippen LogP contribution in [0.5, 0.6) is 11.5 Å². The maximum atomic E-state index is 12.9. The summed E-state index contributed by atoms with van der Waals surface area (Å²) >= 11 is 0. The minimum atomic E-state index is -1.04. The van der Waals surface area contributed by atoms with E-state index in [0.29, 0.717) is 46.3 Å². The SMILES string of the molecule is Cc1ccc(Oc2ccc3c(=O)c4ccc(CCC(N)(CO)CO)cc4oc3c2)cc1.